The second kappa shape index (κ2) is 3.84. The Morgan fingerprint density at radius 1 is 1.92 bits per heavy atom. The molecule has 1 aromatic rings. The Balaban J connectivity index is 2.47. The molecule has 0 aliphatic rings. The minimum absolute atomic E-state index is 0.301. The number of hydroxylamine groups is 1. The van der Waals surface area contributed by atoms with E-state index in [1.165, 1.54) is 11.8 Å². The molecule has 0 bridgehead atoms. The van der Waals surface area contributed by atoms with E-state index in [1.807, 2.05) is 0 Å². The van der Waals surface area contributed by atoms with Gasteiger partial charge in [0.15, 0.2) is 0 Å². The Bertz CT molecular complexity index is 246. The average molecular weight is 170 g/mol. The molecule has 6 heteroatoms. The predicted molar refractivity (Wildman–Crippen MR) is 40.2 cm³/mol. The van der Waals surface area contributed by atoms with Crippen molar-refractivity contribution in [2.24, 2.45) is 5.73 Å². The van der Waals surface area contributed by atoms with E-state index in [9.17, 15) is 4.79 Å². The fraction of sp³-hybridized carbons (Fsp3) is 0.333. The number of carbonyl (C=O) groups excluding carboxylic acids is 1. The van der Waals surface area contributed by atoms with E-state index < -0.39 is 11.9 Å². The second-order valence-electron chi connectivity index (χ2n) is 2.35. The van der Waals surface area contributed by atoms with Crippen LogP contribution in [-0.4, -0.2) is 27.1 Å². The zero-order valence-corrected chi connectivity index (χ0v) is 6.32. The van der Waals surface area contributed by atoms with E-state index >= 15 is 0 Å². The first kappa shape index (κ1) is 8.69. The third-order valence-electron chi connectivity index (χ3n) is 1.43. The third kappa shape index (κ3) is 2.04. The van der Waals surface area contributed by atoms with Gasteiger partial charge in [0.05, 0.1) is 18.1 Å². The molecule has 12 heavy (non-hydrogen) atoms. The van der Waals surface area contributed by atoms with Gasteiger partial charge in [-0.2, -0.15) is 0 Å². The molecule has 0 fully saturated rings. The lowest BCUT2D eigenvalue weighted by Crippen LogP contribution is -2.40. The summed E-state index contributed by atoms with van der Waals surface area (Å²) in [5.74, 6) is -0.613. The van der Waals surface area contributed by atoms with Gasteiger partial charge in [-0.15, -0.1) is 0 Å². The molecule has 1 amide bonds. The van der Waals surface area contributed by atoms with Crippen molar-refractivity contribution in [3.63, 3.8) is 0 Å². The van der Waals surface area contributed by atoms with Crippen LogP contribution >= 0.6 is 0 Å². The summed E-state index contributed by atoms with van der Waals surface area (Å²) in [4.78, 5) is 17.3. The molecule has 1 heterocycles. The first-order valence-corrected chi connectivity index (χ1v) is 3.41. The highest BCUT2D eigenvalue weighted by Crippen LogP contribution is 1.95. The van der Waals surface area contributed by atoms with Gasteiger partial charge in [-0.1, -0.05) is 0 Å². The summed E-state index contributed by atoms with van der Waals surface area (Å²) in [6.45, 7) is 0. The zero-order chi connectivity index (χ0) is 8.97. The number of carbonyl (C=O) groups is 1. The summed E-state index contributed by atoms with van der Waals surface area (Å²) in [7, 11) is 0. The first-order valence-electron chi connectivity index (χ1n) is 3.41. The lowest BCUT2D eigenvalue weighted by Gasteiger charge is -2.05. The zero-order valence-electron chi connectivity index (χ0n) is 6.32. The molecule has 1 atom stereocenters. The number of H-pyrrole nitrogens is 1. The molecule has 0 aliphatic carbocycles. The van der Waals surface area contributed by atoms with Crippen molar-refractivity contribution >= 4 is 5.91 Å². The molecular formula is C6H10N4O2. The van der Waals surface area contributed by atoms with Crippen LogP contribution in [0.4, 0.5) is 0 Å². The first-order chi connectivity index (χ1) is 5.74. The summed E-state index contributed by atoms with van der Waals surface area (Å²) in [5, 5.41) is 8.23. The van der Waals surface area contributed by atoms with E-state index in [0.717, 1.165) is 0 Å². The van der Waals surface area contributed by atoms with Gasteiger partial charge in [0.1, 0.15) is 0 Å². The number of aromatic nitrogens is 2. The molecule has 5 N–H and O–H groups in total. The van der Waals surface area contributed by atoms with E-state index in [2.05, 4.69) is 9.97 Å². The molecule has 6 nitrogen and oxygen atoms in total. The van der Waals surface area contributed by atoms with Crippen molar-refractivity contribution in [1.29, 1.82) is 0 Å². The van der Waals surface area contributed by atoms with Crippen LogP contribution in [0.15, 0.2) is 12.5 Å². The Morgan fingerprint density at radius 2 is 2.67 bits per heavy atom. The van der Waals surface area contributed by atoms with Gasteiger partial charge in [-0.3, -0.25) is 10.0 Å². The maximum Gasteiger partial charge on any atom is 0.260 e. The van der Waals surface area contributed by atoms with Gasteiger partial charge in [0.2, 0.25) is 0 Å². The molecule has 0 radical (unpaired) electrons. The predicted octanol–water partition coefficient (Wildman–Crippen LogP) is -1.22. The van der Waals surface area contributed by atoms with Crippen molar-refractivity contribution in [3.05, 3.63) is 18.2 Å². The highest BCUT2D eigenvalue weighted by molar-refractivity contribution is 5.80. The lowest BCUT2D eigenvalue weighted by molar-refractivity contribution is -0.130. The number of amides is 1. The number of nitrogens with zero attached hydrogens (tertiary/aromatic N) is 1. The third-order valence-corrected chi connectivity index (χ3v) is 1.43. The number of rotatable bonds is 3. The van der Waals surface area contributed by atoms with Gasteiger partial charge >= 0.3 is 0 Å². The molecule has 0 aromatic carbocycles. The van der Waals surface area contributed by atoms with E-state index in [1.54, 1.807) is 6.20 Å². The maximum absolute atomic E-state index is 10.7. The normalized spacial score (nSPS) is 12.5. The minimum atomic E-state index is -0.765. The molecule has 0 unspecified atom stereocenters. The standard InChI is InChI=1S/C6H10N4O2/c7-5(6(11)10-12)1-4-2-8-3-9-4/h2-3,5,12H,1,7H2,(H,8,9)(H,10,11)/t5-/m1/s1. The Kier molecular flexibility index (Phi) is 2.78. The highest BCUT2D eigenvalue weighted by atomic mass is 16.5. The fourth-order valence-corrected chi connectivity index (χ4v) is 0.803. The molecule has 0 saturated carbocycles. The largest absolute Gasteiger partial charge is 0.351 e. The van der Waals surface area contributed by atoms with E-state index in [4.69, 9.17) is 10.9 Å². The van der Waals surface area contributed by atoms with Crippen LogP contribution in [0, 0.1) is 0 Å². The van der Waals surface area contributed by atoms with Crippen molar-refractivity contribution in [3.8, 4) is 0 Å². The Hall–Kier alpha value is -1.40. The molecule has 0 saturated heterocycles. The van der Waals surface area contributed by atoms with Crippen molar-refractivity contribution in [2.75, 3.05) is 0 Å². The van der Waals surface area contributed by atoms with E-state index in [0.29, 0.717) is 12.1 Å². The number of nitrogens with one attached hydrogen (secondary N) is 2. The van der Waals surface area contributed by atoms with Crippen LogP contribution in [0.25, 0.3) is 0 Å². The molecule has 0 spiro atoms. The van der Waals surface area contributed by atoms with Gasteiger partial charge in [-0.05, 0) is 0 Å². The smallest absolute Gasteiger partial charge is 0.260 e. The van der Waals surface area contributed by atoms with Crippen LogP contribution in [0.3, 0.4) is 0 Å². The number of hydrogen-bond acceptors (Lipinski definition) is 4. The molecule has 1 aromatic heterocycles. The quantitative estimate of drug-likeness (QED) is 0.337. The van der Waals surface area contributed by atoms with Gasteiger partial charge < -0.3 is 10.7 Å². The van der Waals surface area contributed by atoms with Gasteiger partial charge in [0.25, 0.3) is 5.91 Å². The summed E-state index contributed by atoms with van der Waals surface area (Å²) in [6, 6.07) is -0.765. The fourth-order valence-electron chi connectivity index (χ4n) is 0.803. The number of aromatic amines is 1. The van der Waals surface area contributed by atoms with Crippen molar-refractivity contribution < 1.29 is 10.0 Å². The van der Waals surface area contributed by atoms with Crippen LogP contribution < -0.4 is 11.2 Å². The van der Waals surface area contributed by atoms with Crippen LogP contribution in [0.1, 0.15) is 5.69 Å². The number of imidazole rings is 1. The SMILES string of the molecule is N[C@H](Cc1c[nH]cn1)C(=O)NO. The summed E-state index contributed by atoms with van der Waals surface area (Å²) in [6.07, 6.45) is 3.44. The molecule has 1 rings (SSSR count). The van der Waals surface area contributed by atoms with Crippen molar-refractivity contribution in [1.82, 2.24) is 15.4 Å². The Labute approximate surface area is 68.8 Å². The summed E-state index contributed by atoms with van der Waals surface area (Å²) in [5.41, 5.74) is 7.55. The number of nitrogens with two attached hydrogens (primary N) is 1. The average Bonchev–Trinajstić information content (AvgIpc) is 2.55. The number of hydrogen-bond donors (Lipinski definition) is 4. The highest BCUT2D eigenvalue weighted by Gasteiger charge is 2.13. The molecular weight excluding hydrogens is 160 g/mol. The minimum Gasteiger partial charge on any atom is -0.351 e. The van der Waals surface area contributed by atoms with Gasteiger partial charge in [-0.25, -0.2) is 10.5 Å². The Morgan fingerprint density at radius 3 is 3.17 bits per heavy atom. The van der Waals surface area contributed by atoms with Crippen molar-refractivity contribution in [2.45, 2.75) is 12.5 Å². The van der Waals surface area contributed by atoms with Crippen LogP contribution in [0.5, 0.6) is 0 Å². The monoisotopic (exact) mass is 170 g/mol. The van der Waals surface area contributed by atoms with Crippen LogP contribution in [0.2, 0.25) is 0 Å². The lowest BCUT2D eigenvalue weighted by atomic mass is 10.2. The second-order valence-corrected chi connectivity index (χ2v) is 2.35. The van der Waals surface area contributed by atoms with Gasteiger partial charge in [0, 0.05) is 12.6 Å². The topological polar surface area (TPSA) is 104 Å². The van der Waals surface area contributed by atoms with Crippen LogP contribution in [-0.2, 0) is 11.2 Å². The maximum atomic E-state index is 10.7. The molecule has 66 valence electrons. The summed E-state index contributed by atoms with van der Waals surface area (Å²) >= 11 is 0. The van der Waals surface area contributed by atoms with E-state index in [-0.39, 0.29) is 0 Å². The summed E-state index contributed by atoms with van der Waals surface area (Å²) < 4.78 is 0. The molecule has 0 aliphatic heterocycles.